The maximum atomic E-state index is 13.6. The van der Waals surface area contributed by atoms with E-state index in [-0.39, 0.29) is 11.8 Å². The molecule has 2 aromatic rings. The molecule has 0 saturated carbocycles. The van der Waals surface area contributed by atoms with Crippen molar-refractivity contribution in [2.75, 3.05) is 11.6 Å². The molecule has 1 heterocycles. The second-order valence-electron chi connectivity index (χ2n) is 4.00. The van der Waals surface area contributed by atoms with E-state index >= 15 is 0 Å². The van der Waals surface area contributed by atoms with Crippen molar-refractivity contribution in [1.29, 1.82) is 0 Å². The van der Waals surface area contributed by atoms with E-state index in [0.717, 1.165) is 9.88 Å². The number of hydrogen-bond donors (Lipinski definition) is 2. The number of amides is 2. The monoisotopic (exact) mass is 311 g/mol. The van der Waals surface area contributed by atoms with Crippen LogP contribution in [0, 0.1) is 12.7 Å². The number of thioether (sulfide) groups is 1. The number of carbonyl (C=O) groups excluding carboxylic acids is 1. The van der Waals surface area contributed by atoms with E-state index in [1.807, 2.05) is 6.92 Å². The number of thiazole rings is 1. The second kappa shape index (κ2) is 6.71. The number of hydrogen-bond acceptors (Lipinski definition) is 4. The Bertz CT molecular complexity index is 615. The Balaban J connectivity index is 1.89. The molecule has 106 valence electrons. The zero-order valence-corrected chi connectivity index (χ0v) is 12.7. The van der Waals surface area contributed by atoms with Gasteiger partial charge in [0.15, 0.2) is 0 Å². The van der Waals surface area contributed by atoms with Crippen LogP contribution in [-0.4, -0.2) is 17.3 Å². The predicted molar refractivity (Wildman–Crippen MR) is 80.9 cm³/mol. The lowest BCUT2D eigenvalue weighted by molar-refractivity contribution is 0.252. The summed E-state index contributed by atoms with van der Waals surface area (Å²) in [6.45, 7) is 2.31. The first-order chi connectivity index (χ1) is 9.58. The van der Waals surface area contributed by atoms with Crippen LogP contribution in [0.25, 0.3) is 0 Å². The highest BCUT2D eigenvalue weighted by atomic mass is 32.2. The fraction of sp³-hybridized carbons (Fsp3) is 0.231. The summed E-state index contributed by atoms with van der Waals surface area (Å²) in [6.07, 6.45) is 3.53. The molecule has 2 amide bonds. The van der Waals surface area contributed by atoms with Gasteiger partial charge in [-0.25, -0.2) is 14.2 Å². The summed E-state index contributed by atoms with van der Waals surface area (Å²) >= 11 is 2.85. The van der Waals surface area contributed by atoms with E-state index in [4.69, 9.17) is 0 Å². The molecule has 0 radical (unpaired) electrons. The molecular weight excluding hydrogens is 297 g/mol. The summed E-state index contributed by atoms with van der Waals surface area (Å²) in [5, 5.41) is 6.25. The fourth-order valence-electron chi connectivity index (χ4n) is 1.57. The molecule has 2 rings (SSSR count). The molecule has 0 fully saturated rings. The number of urea groups is 1. The summed E-state index contributed by atoms with van der Waals surface area (Å²) < 4.78 is 13.6. The molecule has 0 aliphatic rings. The molecule has 0 spiro atoms. The Labute approximate surface area is 124 Å². The van der Waals surface area contributed by atoms with E-state index in [9.17, 15) is 9.18 Å². The van der Waals surface area contributed by atoms with Gasteiger partial charge in [-0.3, -0.25) is 0 Å². The third-order valence-electron chi connectivity index (χ3n) is 2.50. The average Bonchev–Trinajstić information content (AvgIpc) is 2.82. The van der Waals surface area contributed by atoms with Crippen LogP contribution >= 0.6 is 23.1 Å². The molecule has 7 heteroatoms. The Kier molecular flexibility index (Phi) is 4.97. The van der Waals surface area contributed by atoms with Crippen molar-refractivity contribution >= 4 is 34.8 Å². The highest BCUT2D eigenvalue weighted by Crippen LogP contribution is 2.22. The third-order valence-corrected chi connectivity index (χ3v) is 4.19. The zero-order chi connectivity index (χ0) is 14.5. The summed E-state index contributed by atoms with van der Waals surface area (Å²) in [5.74, 6) is -0.339. The Hall–Kier alpha value is -1.60. The SMILES string of the molecule is CSc1ccc(NC(=O)NCc2cnc(C)s2)cc1F. The van der Waals surface area contributed by atoms with E-state index in [0.29, 0.717) is 17.1 Å². The van der Waals surface area contributed by atoms with Crippen LogP contribution in [0.4, 0.5) is 14.9 Å². The molecule has 0 bridgehead atoms. The van der Waals surface area contributed by atoms with Crippen LogP contribution in [0.1, 0.15) is 9.88 Å². The van der Waals surface area contributed by atoms with Crippen molar-refractivity contribution in [2.45, 2.75) is 18.4 Å². The minimum atomic E-state index is -0.368. The lowest BCUT2D eigenvalue weighted by Crippen LogP contribution is -2.27. The highest BCUT2D eigenvalue weighted by molar-refractivity contribution is 7.98. The van der Waals surface area contributed by atoms with Crippen molar-refractivity contribution in [1.82, 2.24) is 10.3 Å². The van der Waals surface area contributed by atoms with Crippen molar-refractivity contribution in [3.05, 3.63) is 40.1 Å². The van der Waals surface area contributed by atoms with Crippen molar-refractivity contribution in [2.24, 2.45) is 0 Å². The van der Waals surface area contributed by atoms with Gasteiger partial charge in [0.1, 0.15) is 5.82 Å². The van der Waals surface area contributed by atoms with Gasteiger partial charge in [-0.1, -0.05) is 0 Å². The fourth-order valence-corrected chi connectivity index (χ4v) is 2.77. The van der Waals surface area contributed by atoms with Gasteiger partial charge in [-0.15, -0.1) is 23.1 Å². The molecule has 20 heavy (non-hydrogen) atoms. The average molecular weight is 311 g/mol. The summed E-state index contributed by atoms with van der Waals surface area (Å²) in [6, 6.07) is 4.25. The minimum Gasteiger partial charge on any atom is -0.333 e. The lowest BCUT2D eigenvalue weighted by Gasteiger charge is -2.07. The molecular formula is C13H14FN3OS2. The van der Waals surface area contributed by atoms with E-state index in [1.165, 1.54) is 29.2 Å². The second-order valence-corrected chi connectivity index (χ2v) is 6.17. The number of anilines is 1. The van der Waals surface area contributed by atoms with Gasteiger partial charge in [-0.2, -0.15) is 0 Å². The molecule has 0 atom stereocenters. The van der Waals surface area contributed by atoms with E-state index in [2.05, 4.69) is 15.6 Å². The van der Waals surface area contributed by atoms with Crippen LogP contribution in [0.15, 0.2) is 29.3 Å². The number of carbonyl (C=O) groups is 1. The largest absolute Gasteiger partial charge is 0.333 e. The Morgan fingerprint density at radius 3 is 2.90 bits per heavy atom. The maximum absolute atomic E-state index is 13.6. The number of nitrogens with zero attached hydrogens (tertiary/aromatic N) is 1. The standard InChI is InChI=1S/C13H14FN3OS2/c1-8-15-6-10(20-8)7-16-13(18)17-9-3-4-12(19-2)11(14)5-9/h3-6H,7H2,1-2H3,(H2,16,17,18). The van der Waals surface area contributed by atoms with Gasteiger partial charge >= 0.3 is 6.03 Å². The number of nitrogens with one attached hydrogen (secondary N) is 2. The third kappa shape index (κ3) is 3.94. The topological polar surface area (TPSA) is 54.0 Å². The van der Waals surface area contributed by atoms with Gasteiger partial charge in [0.2, 0.25) is 0 Å². The number of rotatable bonds is 4. The predicted octanol–water partition coefficient (Wildman–Crippen LogP) is 3.63. The maximum Gasteiger partial charge on any atom is 0.319 e. The Morgan fingerprint density at radius 2 is 2.30 bits per heavy atom. The van der Waals surface area contributed by atoms with E-state index < -0.39 is 0 Å². The summed E-state index contributed by atoms with van der Waals surface area (Å²) in [5.41, 5.74) is 0.429. The van der Waals surface area contributed by atoms with Crippen LogP contribution in [0.2, 0.25) is 0 Å². The first kappa shape index (κ1) is 14.8. The van der Waals surface area contributed by atoms with Crippen molar-refractivity contribution in [3.63, 3.8) is 0 Å². The molecule has 4 nitrogen and oxygen atoms in total. The quantitative estimate of drug-likeness (QED) is 0.848. The molecule has 1 aromatic carbocycles. The van der Waals surface area contributed by atoms with Crippen molar-refractivity contribution in [3.8, 4) is 0 Å². The first-order valence-electron chi connectivity index (χ1n) is 5.88. The normalized spacial score (nSPS) is 10.3. The van der Waals surface area contributed by atoms with Crippen LogP contribution in [-0.2, 0) is 6.54 Å². The van der Waals surface area contributed by atoms with Gasteiger partial charge in [-0.05, 0) is 31.4 Å². The molecule has 0 aliphatic heterocycles. The van der Waals surface area contributed by atoms with Gasteiger partial charge in [0.05, 0.1) is 11.6 Å². The first-order valence-corrected chi connectivity index (χ1v) is 7.92. The minimum absolute atomic E-state index is 0.339. The lowest BCUT2D eigenvalue weighted by atomic mass is 10.3. The smallest absolute Gasteiger partial charge is 0.319 e. The molecule has 2 N–H and O–H groups in total. The molecule has 0 unspecified atom stereocenters. The van der Waals surface area contributed by atoms with Crippen LogP contribution in [0.3, 0.4) is 0 Å². The van der Waals surface area contributed by atoms with Crippen LogP contribution < -0.4 is 10.6 Å². The van der Waals surface area contributed by atoms with E-state index in [1.54, 1.807) is 24.6 Å². The molecule has 0 saturated heterocycles. The summed E-state index contributed by atoms with van der Waals surface area (Å²) in [7, 11) is 0. The number of benzene rings is 1. The van der Waals surface area contributed by atoms with Gasteiger partial charge in [0.25, 0.3) is 0 Å². The van der Waals surface area contributed by atoms with Gasteiger partial charge < -0.3 is 10.6 Å². The number of aromatic nitrogens is 1. The van der Waals surface area contributed by atoms with Gasteiger partial charge in [0, 0.05) is 21.7 Å². The van der Waals surface area contributed by atoms with Crippen molar-refractivity contribution < 1.29 is 9.18 Å². The molecule has 1 aromatic heterocycles. The number of halogens is 1. The number of aryl methyl sites for hydroxylation is 1. The highest BCUT2D eigenvalue weighted by Gasteiger charge is 2.06. The summed E-state index contributed by atoms with van der Waals surface area (Å²) in [4.78, 5) is 17.3. The molecule has 0 aliphatic carbocycles. The Morgan fingerprint density at radius 1 is 1.50 bits per heavy atom. The zero-order valence-electron chi connectivity index (χ0n) is 11.1. The van der Waals surface area contributed by atoms with Crippen LogP contribution in [0.5, 0.6) is 0 Å².